The van der Waals surface area contributed by atoms with Crippen LogP contribution >= 0.6 is 0 Å². The van der Waals surface area contributed by atoms with E-state index in [1.165, 1.54) is 22.9 Å². The molecule has 19 heavy (non-hydrogen) atoms. The summed E-state index contributed by atoms with van der Waals surface area (Å²) in [6.45, 7) is 0.742. The van der Waals surface area contributed by atoms with Crippen molar-refractivity contribution < 1.29 is 9.50 Å². The minimum atomic E-state index is -0.448. The highest BCUT2D eigenvalue weighted by molar-refractivity contribution is 5.57. The van der Waals surface area contributed by atoms with E-state index in [1.807, 2.05) is 6.07 Å². The third kappa shape index (κ3) is 3.26. The molecule has 0 aliphatic rings. The largest absolute Gasteiger partial charge is 0.394 e. The molecule has 0 atom stereocenters. The maximum atomic E-state index is 13.0. The molecule has 98 valence electrons. The summed E-state index contributed by atoms with van der Waals surface area (Å²) in [5.41, 5.74) is 1.45. The van der Waals surface area contributed by atoms with Crippen LogP contribution in [-0.2, 0) is 13.1 Å². The first-order valence-corrected chi connectivity index (χ1v) is 5.66. The molecule has 0 radical (unpaired) electrons. The molecule has 0 aliphatic carbocycles. The SMILES string of the molecule is N#Cc1cc(F)ccc1NCc1cn(CCO)nn1. The molecule has 1 aromatic heterocycles. The highest BCUT2D eigenvalue weighted by Crippen LogP contribution is 2.16. The second-order valence-corrected chi connectivity index (χ2v) is 3.85. The molecule has 2 rings (SSSR count). The first-order valence-electron chi connectivity index (χ1n) is 5.66. The number of nitrogens with zero attached hydrogens (tertiary/aromatic N) is 4. The van der Waals surface area contributed by atoms with Crippen LogP contribution < -0.4 is 5.32 Å². The van der Waals surface area contributed by atoms with E-state index in [-0.39, 0.29) is 12.2 Å². The van der Waals surface area contributed by atoms with E-state index in [0.717, 1.165) is 0 Å². The molecule has 2 N–H and O–H groups in total. The Bertz CT molecular complexity index is 604. The summed E-state index contributed by atoms with van der Waals surface area (Å²) in [5, 5.41) is 28.4. The van der Waals surface area contributed by atoms with E-state index in [1.54, 1.807) is 6.20 Å². The normalized spacial score (nSPS) is 10.2. The number of anilines is 1. The maximum Gasteiger partial charge on any atom is 0.124 e. The zero-order chi connectivity index (χ0) is 13.7. The van der Waals surface area contributed by atoms with Crippen LogP contribution in [0.3, 0.4) is 0 Å². The van der Waals surface area contributed by atoms with Crippen molar-refractivity contribution in [3.8, 4) is 6.07 Å². The summed E-state index contributed by atoms with van der Waals surface area (Å²) in [5.74, 6) is -0.448. The molecular formula is C12H12FN5O. The van der Waals surface area contributed by atoms with Gasteiger partial charge in [-0.25, -0.2) is 9.07 Å². The van der Waals surface area contributed by atoms with Crippen molar-refractivity contribution in [2.24, 2.45) is 0 Å². The average molecular weight is 261 g/mol. The highest BCUT2D eigenvalue weighted by Gasteiger charge is 2.05. The van der Waals surface area contributed by atoms with Crippen molar-refractivity contribution in [3.63, 3.8) is 0 Å². The third-order valence-corrected chi connectivity index (χ3v) is 2.48. The molecular weight excluding hydrogens is 249 g/mol. The van der Waals surface area contributed by atoms with Gasteiger partial charge in [0.05, 0.1) is 37.1 Å². The number of rotatable bonds is 5. The van der Waals surface area contributed by atoms with Crippen LogP contribution in [0, 0.1) is 17.1 Å². The fourth-order valence-electron chi connectivity index (χ4n) is 1.58. The molecule has 0 saturated heterocycles. The number of nitrogens with one attached hydrogen (secondary N) is 1. The fraction of sp³-hybridized carbons (Fsp3) is 0.250. The lowest BCUT2D eigenvalue weighted by Crippen LogP contribution is -2.03. The van der Waals surface area contributed by atoms with E-state index < -0.39 is 5.82 Å². The van der Waals surface area contributed by atoms with Crippen LogP contribution in [-0.4, -0.2) is 26.7 Å². The van der Waals surface area contributed by atoms with Gasteiger partial charge in [0.25, 0.3) is 0 Å². The molecule has 0 saturated carbocycles. The summed E-state index contributed by atoms with van der Waals surface area (Å²) in [7, 11) is 0. The smallest absolute Gasteiger partial charge is 0.124 e. The Balaban J connectivity index is 2.04. The molecule has 1 heterocycles. The minimum absolute atomic E-state index is 0.00717. The van der Waals surface area contributed by atoms with Crippen LogP contribution in [0.5, 0.6) is 0 Å². The first kappa shape index (κ1) is 13.0. The van der Waals surface area contributed by atoms with Gasteiger partial charge in [0.1, 0.15) is 17.6 Å². The van der Waals surface area contributed by atoms with Gasteiger partial charge in [0.15, 0.2) is 0 Å². The number of aromatic nitrogens is 3. The van der Waals surface area contributed by atoms with Crippen molar-refractivity contribution in [2.75, 3.05) is 11.9 Å². The number of hydrogen-bond donors (Lipinski definition) is 2. The van der Waals surface area contributed by atoms with Gasteiger partial charge in [-0.15, -0.1) is 5.10 Å². The topological polar surface area (TPSA) is 86.8 Å². The van der Waals surface area contributed by atoms with Gasteiger partial charge in [-0.3, -0.25) is 0 Å². The summed E-state index contributed by atoms with van der Waals surface area (Å²) >= 11 is 0. The minimum Gasteiger partial charge on any atom is -0.394 e. The molecule has 0 unspecified atom stereocenters. The lowest BCUT2D eigenvalue weighted by molar-refractivity contribution is 0.268. The monoisotopic (exact) mass is 261 g/mol. The third-order valence-electron chi connectivity index (χ3n) is 2.48. The molecule has 7 heteroatoms. The quantitative estimate of drug-likeness (QED) is 0.834. The van der Waals surface area contributed by atoms with Crippen molar-refractivity contribution in [1.29, 1.82) is 5.26 Å². The highest BCUT2D eigenvalue weighted by atomic mass is 19.1. The fourth-order valence-corrected chi connectivity index (χ4v) is 1.58. The van der Waals surface area contributed by atoms with E-state index >= 15 is 0 Å². The van der Waals surface area contributed by atoms with Crippen molar-refractivity contribution >= 4 is 5.69 Å². The number of hydrogen-bond acceptors (Lipinski definition) is 5. The van der Waals surface area contributed by atoms with Crippen LogP contribution in [0.4, 0.5) is 10.1 Å². The predicted octanol–water partition coefficient (Wildman–Crippen LogP) is 0.893. The van der Waals surface area contributed by atoms with E-state index in [9.17, 15) is 4.39 Å². The van der Waals surface area contributed by atoms with Crippen LogP contribution in [0.15, 0.2) is 24.4 Å². The Labute approximate surface area is 109 Å². The summed E-state index contributed by atoms with van der Waals surface area (Å²) in [6.07, 6.45) is 1.69. The number of benzene rings is 1. The van der Waals surface area contributed by atoms with Crippen molar-refractivity contribution in [2.45, 2.75) is 13.1 Å². The van der Waals surface area contributed by atoms with Gasteiger partial charge in [-0.05, 0) is 18.2 Å². The van der Waals surface area contributed by atoms with Crippen LogP contribution in [0.25, 0.3) is 0 Å². The summed E-state index contributed by atoms with van der Waals surface area (Å²) in [4.78, 5) is 0. The number of aliphatic hydroxyl groups is 1. The van der Waals surface area contributed by atoms with E-state index in [2.05, 4.69) is 15.6 Å². The number of nitriles is 1. The summed E-state index contributed by atoms with van der Waals surface area (Å²) in [6, 6.07) is 5.88. The van der Waals surface area contributed by atoms with Gasteiger partial charge < -0.3 is 10.4 Å². The molecule has 0 fully saturated rings. The zero-order valence-electron chi connectivity index (χ0n) is 10.0. The van der Waals surface area contributed by atoms with E-state index in [0.29, 0.717) is 24.5 Å². The van der Waals surface area contributed by atoms with Crippen molar-refractivity contribution in [1.82, 2.24) is 15.0 Å². The second-order valence-electron chi connectivity index (χ2n) is 3.85. The molecule has 2 aromatic rings. The average Bonchev–Trinajstić information content (AvgIpc) is 2.85. The van der Waals surface area contributed by atoms with Crippen molar-refractivity contribution in [3.05, 3.63) is 41.5 Å². The molecule has 0 bridgehead atoms. The Morgan fingerprint density at radius 2 is 2.32 bits per heavy atom. The standard InChI is InChI=1S/C12H12FN5O/c13-10-1-2-12(9(5-10)6-14)15-7-11-8-18(3-4-19)17-16-11/h1-2,5,8,15,19H,3-4,7H2. The van der Waals surface area contributed by atoms with E-state index in [4.69, 9.17) is 10.4 Å². The molecule has 0 spiro atoms. The molecule has 6 nitrogen and oxygen atoms in total. The maximum absolute atomic E-state index is 13.0. The van der Waals surface area contributed by atoms with Gasteiger partial charge in [0, 0.05) is 0 Å². The van der Waals surface area contributed by atoms with Gasteiger partial charge in [-0.1, -0.05) is 5.21 Å². The van der Waals surface area contributed by atoms with Crippen LogP contribution in [0.1, 0.15) is 11.3 Å². The molecule has 0 aliphatic heterocycles. The Hall–Kier alpha value is -2.46. The molecule has 0 amide bonds. The lowest BCUT2D eigenvalue weighted by atomic mass is 10.2. The lowest BCUT2D eigenvalue weighted by Gasteiger charge is -2.05. The molecule has 1 aromatic carbocycles. The van der Waals surface area contributed by atoms with Crippen LogP contribution in [0.2, 0.25) is 0 Å². The first-order chi connectivity index (χ1) is 9.22. The Morgan fingerprint density at radius 3 is 3.05 bits per heavy atom. The summed E-state index contributed by atoms with van der Waals surface area (Å²) < 4.78 is 14.5. The Kier molecular flexibility index (Phi) is 4.05. The Morgan fingerprint density at radius 1 is 1.47 bits per heavy atom. The van der Waals surface area contributed by atoms with Gasteiger partial charge >= 0.3 is 0 Å². The zero-order valence-corrected chi connectivity index (χ0v) is 10.0. The van der Waals surface area contributed by atoms with Gasteiger partial charge in [-0.2, -0.15) is 5.26 Å². The van der Waals surface area contributed by atoms with Gasteiger partial charge in [0.2, 0.25) is 0 Å². The number of aliphatic hydroxyl groups excluding tert-OH is 1. The predicted molar refractivity (Wildman–Crippen MR) is 65.5 cm³/mol. The number of halogens is 1. The second kappa shape index (κ2) is 5.93.